The second kappa shape index (κ2) is 6.40. The summed E-state index contributed by atoms with van der Waals surface area (Å²) >= 11 is 0.231. The summed E-state index contributed by atoms with van der Waals surface area (Å²) in [6.45, 7) is 0. The van der Waals surface area contributed by atoms with Crippen molar-refractivity contribution in [3.05, 3.63) is 0 Å². The van der Waals surface area contributed by atoms with Gasteiger partial charge in [-0.1, -0.05) is 0 Å². The minimum absolute atomic E-state index is 0.115. The van der Waals surface area contributed by atoms with Crippen molar-refractivity contribution >= 4 is 33.8 Å². The second-order valence-corrected chi connectivity index (χ2v) is 3.49. The van der Waals surface area contributed by atoms with Gasteiger partial charge in [0.2, 0.25) is 10.2 Å². The summed E-state index contributed by atoms with van der Waals surface area (Å²) in [5, 5.41) is 34.8. The smallest absolute Gasteiger partial charge is 0.234 e. The van der Waals surface area contributed by atoms with Gasteiger partial charge in [-0.05, 0) is 0 Å². The predicted molar refractivity (Wildman–Crippen MR) is 48.4 cm³/mol. The summed E-state index contributed by atoms with van der Waals surface area (Å²) < 4.78 is 0. The van der Waals surface area contributed by atoms with Crippen molar-refractivity contribution in [1.29, 1.82) is 10.5 Å². The van der Waals surface area contributed by atoms with Crippen LogP contribution in [-0.4, -0.2) is 32.7 Å². The van der Waals surface area contributed by atoms with Gasteiger partial charge in [-0.15, -0.1) is 0 Å². The Hall–Kier alpha value is -1.06. The molecule has 0 aliphatic heterocycles. The molecule has 0 aromatic carbocycles. The first-order valence-electron chi connectivity index (χ1n) is 3.10. The van der Waals surface area contributed by atoms with E-state index in [1.165, 1.54) is 10.8 Å². The van der Waals surface area contributed by atoms with Crippen LogP contribution < -0.4 is 0 Å². The van der Waals surface area contributed by atoms with Crippen LogP contribution in [0.2, 0.25) is 0 Å². The topological polar surface area (TPSA) is 122 Å². The number of nitriles is 2. The van der Waals surface area contributed by atoms with Crippen molar-refractivity contribution in [2.75, 3.05) is 0 Å². The zero-order valence-corrected chi connectivity index (χ0v) is 8.21. The van der Waals surface area contributed by atoms with Crippen molar-refractivity contribution in [2.24, 2.45) is 0 Å². The maximum Gasteiger partial charge on any atom is 0.234 e. The number of thiocyanates is 2. The Bertz CT molecular complexity index is 287. The Morgan fingerprint density at radius 3 is 1.50 bits per heavy atom. The highest BCUT2D eigenvalue weighted by Crippen LogP contribution is 2.12. The summed E-state index contributed by atoms with van der Waals surface area (Å²) in [7, 11) is 0. The Kier molecular flexibility index (Phi) is 5.92. The summed E-state index contributed by atoms with van der Waals surface area (Å²) in [6, 6.07) is 0. The minimum Gasteiger partial charge on any atom is -0.381 e. The van der Waals surface area contributed by atoms with Gasteiger partial charge in [-0.25, -0.2) is 0 Å². The third-order valence-electron chi connectivity index (χ3n) is 1.07. The van der Waals surface area contributed by atoms with Gasteiger partial charge in [-0.3, -0.25) is 9.59 Å². The Balaban J connectivity index is 4.33. The molecule has 74 valence electrons. The Labute approximate surface area is 87.5 Å². The molecular formula is C6H4N2O4S2. The third-order valence-corrected chi connectivity index (χ3v) is 2.14. The molecule has 2 N–H and O–H groups in total. The molecule has 2 atom stereocenters. The molecule has 6 nitrogen and oxygen atoms in total. The van der Waals surface area contributed by atoms with E-state index in [2.05, 4.69) is 0 Å². The predicted octanol–water partition coefficient (Wildman–Crippen LogP) is -0.810. The van der Waals surface area contributed by atoms with Crippen molar-refractivity contribution < 1.29 is 19.8 Å². The van der Waals surface area contributed by atoms with Crippen molar-refractivity contribution in [2.45, 2.75) is 12.2 Å². The molecule has 0 heterocycles. The summed E-state index contributed by atoms with van der Waals surface area (Å²) in [4.78, 5) is 21.6. The molecule has 0 rings (SSSR count). The van der Waals surface area contributed by atoms with E-state index in [1.54, 1.807) is 0 Å². The number of carbonyl (C=O) groups excluding carboxylic acids is 2. The van der Waals surface area contributed by atoms with Crippen LogP contribution in [0.15, 0.2) is 0 Å². The fraction of sp³-hybridized carbons (Fsp3) is 0.333. The van der Waals surface area contributed by atoms with Gasteiger partial charge in [0.25, 0.3) is 0 Å². The number of carbonyl (C=O) groups is 2. The SMILES string of the molecule is N#CSC(=O)[C@H](O)[C@@H](O)C(=O)SC#N. The molecule has 8 heteroatoms. The molecule has 0 saturated carbocycles. The van der Waals surface area contributed by atoms with Crippen LogP contribution in [0.1, 0.15) is 0 Å². The van der Waals surface area contributed by atoms with E-state index in [0.29, 0.717) is 0 Å². The second-order valence-electron chi connectivity index (χ2n) is 1.91. The van der Waals surface area contributed by atoms with Gasteiger partial charge in [0.05, 0.1) is 0 Å². The van der Waals surface area contributed by atoms with Crippen molar-refractivity contribution in [3.8, 4) is 10.8 Å². The Morgan fingerprint density at radius 2 is 1.29 bits per heavy atom. The Morgan fingerprint density at radius 1 is 1.00 bits per heavy atom. The van der Waals surface area contributed by atoms with Crippen LogP contribution >= 0.6 is 23.5 Å². The van der Waals surface area contributed by atoms with Crippen LogP contribution in [0.3, 0.4) is 0 Å². The molecule has 0 amide bonds. The van der Waals surface area contributed by atoms with Gasteiger partial charge in [0.15, 0.2) is 12.2 Å². The quantitative estimate of drug-likeness (QED) is 0.606. The number of thioether (sulfide) groups is 2. The molecular weight excluding hydrogens is 228 g/mol. The largest absolute Gasteiger partial charge is 0.381 e. The highest BCUT2D eigenvalue weighted by Gasteiger charge is 2.30. The van der Waals surface area contributed by atoms with E-state index < -0.39 is 22.4 Å². The van der Waals surface area contributed by atoms with Gasteiger partial charge in [-0.2, -0.15) is 10.5 Å². The molecule has 14 heavy (non-hydrogen) atoms. The molecule has 0 saturated heterocycles. The molecule has 0 bridgehead atoms. The van der Waals surface area contributed by atoms with Crippen LogP contribution in [0.5, 0.6) is 0 Å². The number of rotatable bonds is 3. The van der Waals surface area contributed by atoms with Crippen molar-refractivity contribution in [1.82, 2.24) is 0 Å². The lowest BCUT2D eigenvalue weighted by Gasteiger charge is -2.10. The number of aliphatic hydroxyl groups excluding tert-OH is 2. The molecule has 0 aromatic rings. The maximum atomic E-state index is 10.8. The molecule has 0 unspecified atom stereocenters. The van der Waals surface area contributed by atoms with E-state index in [1.807, 2.05) is 0 Å². The standard InChI is InChI=1S/C6H4N2O4S2/c7-1-13-5(11)3(9)4(10)6(12)14-2-8/h3-4,9-10H/t3-,4-/m1/s1. The fourth-order valence-corrected chi connectivity index (χ4v) is 1.15. The van der Waals surface area contributed by atoms with Crippen LogP contribution in [-0.2, 0) is 9.59 Å². The van der Waals surface area contributed by atoms with E-state index in [-0.39, 0.29) is 23.5 Å². The molecule has 0 spiro atoms. The summed E-state index contributed by atoms with van der Waals surface area (Å²) in [5.41, 5.74) is 0. The van der Waals surface area contributed by atoms with Crippen LogP contribution in [0.25, 0.3) is 0 Å². The lowest BCUT2D eigenvalue weighted by molar-refractivity contribution is -0.133. The zero-order valence-electron chi connectivity index (χ0n) is 6.58. The zero-order chi connectivity index (χ0) is 11.1. The van der Waals surface area contributed by atoms with E-state index >= 15 is 0 Å². The first-order chi connectivity index (χ1) is 6.54. The molecule has 0 aliphatic carbocycles. The average molecular weight is 232 g/mol. The monoisotopic (exact) mass is 232 g/mol. The van der Waals surface area contributed by atoms with E-state index in [9.17, 15) is 9.59 Å². The number of aliphatic hydroxyl groups is 2. The van der Waals surface area contributed by atoms with Crippen molar-refractivity contribution in [3.63, 3.8) is 0 Å². The van der Waals surface area contributed by atoms with E-state index in [4.69, 9.17) is 20.7 Å². The molecule has 0 aliphatic rings. The molecule has 0 radical (unpaired) electrons. The average Bonchev–Trinajstić information content (AvgIpc) is 2.16. The molecule has 0 aromatic heterocycles. The number of hydrogen-bond donors (Lipinski definition) is 2. The number of hydrogen-bond acceptors (Lipinski definition) is 8. The highest BCUT2D eigenvalue weighted by atomic mass is 32.2. The van der Waals surface area contributed by atoms with Crippen LogP contribution in [0.4, 0.5) is 0 Å². The lowest BCUT2D eigenvalue weighted by Crippen LogP contribution is -2.36. The number of nitrogens with zero attached hydrogens (tertiary/aromatic N) is 2. The minimum atomic E-state index is -1.98. The van der Waals surface area contributed by atoms with Gasteiger partial charge >= 0.3 is 0 Å². The normalized spacial score (nSPS) is 13.4. The van der Waals surface area contributed by atoms with Crippen LogP contribution in [0, 0.1) is 21.3 Å². The lowest BCUT2D eigenvalue weighted by atomic mass is 10.2. The summed E-state index contributed by atoms with van der Waals surface area (Å²) in [5.74, 6) is 0. The maximum absolute atomic E-state index is 10.8. The summed E-state index contributed by atoms with van der Waals surface area (Å²) in [6.07, 6.45) is -3.96. The van der Waals surface area contributed by atoms with Gasteiger partial charge in [0.1, 0.15) is 10.8 Å². The first-order valence-corrected chi connectivity index (χ1v) is 4.73. The highest BCUT2D eigenvalue weighted by molar-refractivity contribution is 8.18. The van der Waals surface area contributed by atoms with Gasteiger partial charge in [0, 0.05) is 23.5 Å². The third kappa shape index (κ3) is 3.77. The van der Waals surface area contributed by atoms with E-state index in [0.717, 1.165) is 0 Å². The first kappa shape index (κ1) is 12.9. The fourth-order valence-electron chi connectivity index (χ4n) is 0.469. The van der Waals surface area contributed by atoms with Gasteiger partial charge < -0.3 is 10.2 Å². The molecule has 0 fully saturated rings.